The van der Waals surface area contributed by atoms with E-state index in [1.54, 1.807) is 42.0 Å². The van der Waals surface area contributed by atoms with Crippen LogP contribution >= 0.6 is 46.7 Å². The highest BCUT2D eigenvalue weighted by molar-refractivity contribution is 8.00. The zero-order chi connectivity index (χ0) is 39.2. The van der Waals surface area contributed by atoms with Gasteiger partial charge >= 0.3 is 12.2 Å². The Labute approximate surface area is 331 Å². The molecule has 3 N–H and O–H groups in total. The van der Waals surface area contributed by atoms with Gasteiger partial charge in [0.15, 0.2) is 0 Å². The van der Waals surface area contributed by atoms with Gasteiger partial charge in [0.2, 0.25) is 0 Å². The third-order valence-corrected chi connectivity index (χ3v) is 11.1. The number of ether oxygens (including phenoxy) is 1. The summed E-state index contributed by atoms with van der Waals surface area (Å²) in [5.74, 6) is -0.677. The summed E-state index contributed by atoms with van der Waals surface area (Å²) in [6.07, 6.45) is 3.45. The van der Waals surface area contributed by atoms with Crippen LogP contribution in [0.3, 0.4) is 0 Å². The Bertz CT molecular complexity index is 2270. The molecule has 0 aliphatic carbocycles. The number of aromatic amines is 2. The van der Waals surface area contributed by atoms with Gasteiger partial charge in [0.25, 0.3) is 0 Å². The summed E-state index contributed by atoms with van der Waals surface area (Å²) in [6.45, 7) is 6.37. The molecule has 0 fully saturated rings. The fourth-order valence-electron chi connectivity index (χ4n) is 5.37. The lowest BCUT2D eigenvalue weighted by molar-refractivity contribution is 0.0300. The highest BCUT2D eigenvalue weighted by Crippen LogP contribution is 2.39. The summed E-state index contributed by atoms with van der Waals surface area (Å²) in [7, 11) is 3.22. The molecule has 6 rings (SSSR count). The number of fused-ring (bicyclic) bond motifs is 2. The van der Waals surface area contributed by atoms with Gasteiger partial charge in [0.1, 0.15) is 17.2 Å². The van der Waals surface area contributed by atoms with Crippen molar-refractivity contribution in [3.05, 3.63) is 118 Å². The van der Waals surface area contributed by atoms with Crippen molar-refractivity contribution < 1.29 is 28.2 Å². The highest BCUT2D eigenvalue weighted by Gasteiger charge is 2.20. The van der Waals surface area contributed by atoms with Gasteiger partial charge in [-0.25, -0.2) is 18.4 Å². The number of nitrogens with zero attached hydrogens (tertiary/aromatic N) is 2. The predicted molar refractivity (Wildman–Crippen MR) is 215 cm³/mol. The number of carboxylic acid groups (broad SMARTS) is 1. The summed E-state index contributed by atoms with van der Waals surface area (Å²) in [6, 6.07) is 20.6. The Hall–Kier alpha value is -4.36. The molecule has 0 saturated carbocycles. The van der Waals surface area contributed by atoms with Gasteiger partial charge in [-0.05, 0) is 111 Å². The normalized spacial score (nSPS) is 11.4. The number of nitrogens with one attached hydrogen (secondary N) is 2. The number of likely N-dealkylation sites (N-methyl/N-ethyl adjacent to an activating group) is 2. The standard InChI is InChI=1S/C22H24Cl2N2O2S.C18H16F2N2O2S/c1-22(2,3)28-21(27)26(4)11-10-14-12-15(23)8-9-18(14)29-19-13-25-17-7-5-6-16(24)20(17)19;1-22(18(23)24)7-6-11-8-12(19)3-5-16(11)25-17-10-21-15-9-13(20)2-4-14(15)17/h5-9,12-13,25H,10-11H2,1-4H3;2-5,8-10,21H,6-7H2,1H3,(H,23,24). The van der Waals surface area contributed by atoms with Crippen LogP contribution in [0.25, 0.3) is 21.8 Å². The summed E-state index contributed by atoms with van der Waals surface area (Å²) in [4.78, 5) is 36.0. The van der Waals surface area contributed by atoms with Crippen LogP contribution in [-0.4, -0.2) is 69.8 Å². The Balaban J connectivity index is 0.000000210. The SMILES string of the molecule is CN(CCc1cc(Cl)ccc1Sc1c[nH]c2cccc(Cl)c12)C(=O)OC(C)(C)C.CN(CCc1cc(F)ccc1Sc1c[nH]c2cc(F)ccc12)C(=O)O. The van der Waals surface area contributed by atoms with E-state index in [0.717, 1.165) is 51.9 Å². The molecular formula is C40H40Cl2F2N4O4S2. The summed E-state index contributed by atoms with van der Waals surface area (Å²) in [5.41, 5.74) is 2.97. The molecule has 0 saturated heterocycles. The fraction of sp³-hybridized carbons (Fsp3) is 0.250. The van der Waals surface area contributed by atoms with E-state index in [1.807, 2.05) is 63.4 Å². The van der Waals surface area contributed by atoms with Gasteiger partial charge in [-0.3, -0.25) is 0 Å². The molecule has 6 aromatic rings. The van der Waals surface area contributed by atoms with Gasteiger partial charge < -0.3 is 29.6 Å². The fourth-order valence-corrected chi connectivity index (χ4v) is 8.08. The number of hydrogen-bond donors (Lipinski definition) is 3. The van der Waals surface area contributed by atoms with Crippen molar-refractivity contribution >= 4 is 80.7 Å². The van der Waals surface area contributed by atoms with E-state index < -0.39 is 11.7 Å². The first-order valence-corrected chi connectivity index (χ1v) is 19.3. The van der Waals surface area contributed by atoms with Crippen molar-refractivity contribution in [2.24, 2.45) is 0 Å². The predicted octanol–water partition coefficient (Wildman–Crippen LogP) is 11.8. The maximum Gasteiger partial charge on any atom is 0.410 e. The van der Waals surface area contributed by atoms with E-state index in [0.29, 0.717) is 34.9 Å². The van der Waals surface area contributed by atoms with E-state index in [9.17, 15) is 18.4 Å². The summed E-state index contributed by atoms with van der Waals surface area (Å²) < 4.78 is 32.3. The Morgan fingerprint density at radius 2 is 1.35 bits per heavy atom. The molecule has 284 valence electrons. The number of hydrogen-bond acceptors (Lipinski definition) is 5. The first kappa shape index (κ1) is 40.8. The minimum Gasteiger partial charge on any atom is -0.465 e. The molecular weight excluding hydrogens is 774 g/mol. The van der Waals surface area contributed by atoms with E-state index in [1.165, 1.54) is 43.1 Å². The number of benzene rings is 4. The number of carbonyl (C=O) groups excluding carboxylic acids is 1. The lowest BCUT2D eigenvalue weighted by Gasteiger charge is -2.24. The van der Waals surface area contributed by atoms with Crippen LogP contribution in [0.1, 0.15) is 31.9 Å². The Morgan fingerprint density at radius 1 is 0.759 bits per heavy atom. The minimum atomic E-state index is -1.02. The molecule has 2 aromatic heterocycles. The molecule has 0 aliphatic heterocycles. The molecule has 4 aromatic carbocycles. The van der Waals surface area contributed by atoms with Gasteiger partial charge in [-0.2, -0.15) is 0 Å². The second-order valence-electron chi connectivity index (χ2n) is 13.5. The van der Waals surface area contributed by atoms with Crippen LogP contribution < -0.4 is 0 Å². The number of aromatic nitrogens is 2. The van der Waals surface area contributed by atoms with Gasteiger partial charge in [-0.15, -0.1) is 0 Å². The van der Waals surface area contributed by atoms with Gasteiger partial charge in [-0.1, -0.05) is 52.8 Å². The molecule has 0 aliphatic rings. The third kappa shape index (κ3) is 10.9. The van der Waals surface area contributed by atoms with Crippen molar-refractivity contribution in [2.45, 2.75) is 58.8 Å². The van der Waals surface area contributed by atoms with Crippen LogP contribution in [0.4, 0.5) is 18.4 Å². The Kier molecular flexibility index (Phi) is 13.5. The molecule has 0 unspecified atom stereocenters. The molecule has 2 amide bonds. The molecule has 0 spiro atoms. The zero-order valence-electron chi connectivity index (χ0n) is 30.3. The van der Waals surface area contributed by atoms with Gasteiger partial charge in [0.05, 0.1) is 5.02 Å². The average Bonchev–Trinajstić information content (AvgIpc) is 3.71. The summed E-state index contributed by atoms with van der Waals surface area (Å²) in [5, 5.41) is 12.2. The molecule has 0 atom stereocenters. The summed E-state index contributed by atoms with van der Waals surface area (Å²) >= 11 is 15.7. The first-order chi connectivity index (χ1) is 25.6. The molecule has 0 bridgehead atoms. The maximum atomic E-state index is 13.6. The first-order valence-electron chi connectivity index (χ1n) is 16.9. The number of rotatable bonds is 10. The second-order valence-corrected chi connectivity index (χ2v) is 16.5. The monoisotopic (exact) mass is 812 g/mol. The molecule has 2 heterocycles. The van der Waals surface area contributed by atoms with Crippen molar-refractivity contribution in [3.8, 4) is 0 Å². The van der Waals surface area contributed by atoms with E-state index >= 15 is 0 Å². The quantitative estimate of drug-likeness (QED) is 0.127. The van der Waals surface area contributed by atoms with E-state index in [4.69, 9.17) is 33.0 Å². The van der Waals surface area contributed by atoms with Crippen molar-refractivity contribution in [1.29, 1.82) is 0 Å². The topological polar surface area (TPSA) is 102 Å². The average molecular weight is 814 g/mol. The lowest BCUT2D eigenvalue weighted by atomic mass is 10.1. The number of H-pyrrole nitrogens is 2. The van der Waals surface area contributed by atoms with Gasteiger partial charge in [0, 0.05) is 86.0 Å². The lowest BCUT2D eigenvalue weighted by Crippen LogP contribution is -2.35. The van der Waals surface area contributed by atoms with Crippen molar-refractivity contribution in [2.75, 3.05) is 27.2 Å². The van der Waals surface area contributed by atoms with E-state index in [-0.39, 0.29) is 24.3 Å². The van der Waals surface area contributed by atoms with Crippen LogP contribution in [0.2, 0.25) is 10.0 Å². The Morgan fingerprint density at radius 3 is 2.06 bits per heavy atom. The largest absolute Gasteiger partial charge is 0.465 e. The smallest absolute Gasteiger partial charge is 0.410 e. The van der Waals surface area contributed by atoms with Crippen LogP contribution in [0.15, 0.2) is 105 Å². The number of carbonyl (C=O) groups is 2. The van der Waals surface area contributed by atoms with Crippen molar-refractivity contribution in [1.82, 2.24) is 19.8 Å². The number of amides is 2. The maximum absolute atomic E-state index is 13.6. The molecule has 8 nitrogen and oxygen atoms in total. The van der Waals surface area contributed by atoms with Crippen LogP contribution in [0, 0.1) is 11.6 Å². The number of halogens is 4. The third-order valence-electron chi connectivity index (χ3n) is 8.17. The van der Waals surface area contributed by atoms with Crippen molar-refractivity contribution in [3.63, 3.8) is 0 Å². The highest BCUT2D eigenvalue weighted by atomic mass is 35.5. The second kappa shape index (κ2) is 17.9. The van der Waals surface area contributed by atoms with E-state index in [2.05, 4.69) is 9.97 Å². The molecule has 0 radical (unpaired) electrons. The van der Waals surface area contributed by atoms with Crippen LogP contribution in [0.5, 0.6) is 0 Å². The minimum absolute atomic E-state index is 0.269. The van der Waals surface area contributed by atoms with Crippen LogP contribution in [-0.2, 0) is 17.6 Å². The molecule has 54 heavy (non-hydrogen) atoms. The molecule has 14 heteroatoms. The zero-order valence-corrected chi connectivity index (χ0v) is 33.5.